The van der Waals surface area contributed by atoms with Gasteiger partial charge in [0.2, 0.25) is 0 Å². The van der Waals surface area contributed by atoms with Crippen molar-refractivity contribution in [1.29, 1.82) is 0 Å². The molecule has 3 aromatic carbocycles. The summed E-state index contributed by atoms with van der Waals surface area (Å²) in [6.07, 6.45) is 9.30. The van der Waals surface area contributed by atoms with Crippen LogP contribution in [0.2, 0.25) is 0 Å². The van der Waals surface area contributed by atoms with E-state index in [1.165, 1.54) is 42.5 Å². The minimum absolute atomic E-state index is 0.00201. The Morgan fingerprint density at radius 1 is 1.04 bits per heavy atom. The average molecular weight is 980 g/mol. The summed E-state index contributed by atoms with van der Waals surface area (Å²) in [6, 6.07) is 17.6. The molecule has 3 atom stereocenters. The first-order valence-corrected chi connectivity index (χ1v) is 26.2. The standard InChI is InChI=1S/C52H62FN7O9S/c1-5-67-50-46(26-39-40(53)27-54-48(39)56-50)69-44-23-33(58-21-19-52(20-22-58)29-59(30-52)42-12-8-11-37(42)36-10-7-6-9-35(36)31(2)3)13-14-38(44)49(61)57-70(65,66)34-24-43(60(63)64)47-45(25-34)68-28-41(55-47)32-15-17-51(4,62)18-16-32/h6-7,9-10,13-14,23-27,31-32,37,41-42,55,62H,5,8,11-12,15-22,28-30H2,1-4H3,(H,54,56)(H,57,61)/t32?,37-,41+,42?,51?/m0/s1. The van der Waals surface area contributed by atoms with Crippen LogP contribution < -0.4 is 29.1 Å². The Morgan fingerprint density at radius 2 is 1.80 bits per heavy atom. The van der Waals surface area contributed by atoms with Gasteiger partial charge in [0.25, 0.3) is 27.5 Å². The van der Waals surface area contributed by atoms with Gasteiger partial charge in [-0.1, -0.05) is 44.5 Å². The number of nitrogens with one attached hydrogen (secondary N) is 3. The maximum Gasteiger partial charge on any atom is 0.297 e. The number of likely N-dealkylation sites (tertiary alicyclic amines) is 1. The number of aliphatic hydroxyl groups is 1. The molecule has 1 amide bonds. The number of benzene rings is 3. The first-order chi connectivity index (χ1) is 33.5. The number of pyridine rings is 1. The van der Waals surface area contributed by atoms with Crippen LogP contribution in [-0.2, 0) is 10.0 Å². The van der Waals surface area contributed by atoms with E-state index in [4.69, 9.17) is 14.2 Å². The van der Waals surface area contributed by atoms with Crippen molar-refractivity contribution in [3.8, 4) is 23.1 Å². The second-order valence-electron chi connectivity index (χ2n) is 20.7. The summed E-state index contributed by atoms with van der Waals surface area (Å²) in [6.45, 7) is 12.0. The highest BCUT2D eigenvalue weighted by Crippen LogP contribution is 2.50. The molecular weight excluding hydrogens is 918 g/mol. The second kappa shape index (κ2) is 18.6. The Hall–Kier alpha value is -5.98. The molecule has 70 heavy (non-hydrogen) atoms. The molecule has 1 unspecified atom stereocenters. The number of nitrogens with zero attached hydrogens (tertiary/aromatic N) is 4. The lowest BCUT2D eigenvalue weighted by molar-refractivity contribution is -0.384. The molecule has 3 aliphatic heterocycles. The number of halogens is 1. The van der Waals surface area contributed by atoms with E-state index in [2.05, 4.69) is 67.9 Å². The molecular formula is C52H62FN7O9S. The highest BCUT2D eigenvalue weighted by Gasteiger charge is 2.49. The molecule has 0 bridgehead atoms. The van der Waals surface area contributed by atoms with Crippen LogP contribution in [0.4, 0.5) is 21.5 Å². The van der Waals surface area contributed by atoms with Gasteiger partial charge in [-0.15, -0.1) is 0 Å². The lowest BCUT2D eigenvalue weighted by Gasteiger charge is -2.57. The predicted molar refractivity (Wildman–Crippen MR) is 263 cm³/mol. The summed E-state index contributed by atoms with van der Waals surface area (Å²) in [7, 11) is -4.75. The number of piperidine rings is 1. The Morgan fingerprint density at radius 3 is 2.53 bits per heavy atom. The van der Waals surface area contributed by atoms with Gasteiger partial charge in [-0.25, -0.2) is 17.5 Å². The number of carbonyl (C=O) groups excluding carboxylic acids is 1. The maximum atomic E-state index is 14.9. The molecule has 372 valence electrons. The van der Waals surface area contributed by atoms with Crippen LogP contribution in [0.15, 0.2) is 71.8 Å². The summed E-state index contributed by atoms with van der Waals surface area (Å²) >= 11 is 0. The number of aromatic amines is 1. The van der Waals surface area contributed by atoms with Crippen molar-refractivity contribution in [3.05, 3.63) is 99.5 Å². The molecule has 18 heteroatoms. The van der Waals surface area contributed by atoms with Crippen molar-refractivity contribution in [2.24, 2.45) is 11.3 Å². The number of fused-ring (bicyclic) bond motifs is 2. The second-order valence-corrected chi connectivity index (χ2v) is 22.4. The third-order valence-electron chi connectivity index (χ3n) is 15.7. The molecule has 5 aliphatic rings. The minimum Gasteiger partial charge on any atom is -0.489 e. The van der Waals surface area contributed by atoms with Crippen molar-refractivity contribution >= 4 is 44.0 Å². The van der Waals surface area contributed by atoms with E-state index in [9.17, 15) is 32.8 Å². The molecule has 4 fully saturated rings. The summed E-state index contributed by atoms with van der Waals surface area (Å²) < 4.78 is 63.4. The highest BCUT2D eigenvalue weighted by atomic mass is 32.2. The van der Waals surface area contributed by atoms with Crippen LogP contribution in [0.1, 0.15) is 119 Å². The molecule has 5 heterocycles. The van der Waals surface area contributed by atoms with Crippen molar-refractivity contribution in [1.82, 2.24) is 19.6 Å². The summed E-state index contributed by atoms with van der Waals surface area (Å²) in [5.74, 6) is -0.593. The van der Waals surface area contributed by atoms with Gasteiger partial charge >= 0.3 is 0 Å². The van der Waals surface area contributed by atoms with Crippen LogP contribution in [-0.4, -0.2) is 96.3 Å². The van der Waals surface area contributed by atoms with Crippen molar-refractivity contribution in [2.75, 3.05) is 49.6 Å². The molecule has 5 aromatic rings. The normalized spacial score (nSPS) is 24.4. The molecule has 10 rings (SSSR count). The lowest BCUT2D eigenvalue weighted by atomic mass is 9.70. The van der Waals surface area contributed by atoms with Crippen LogP contribution in [0.25, 0.3) is 11.0 Å². The Bertz CT molecular complexity index is 2920. The fourth-order valence-electron chi connectivity index (χ4n) is 11.8. The fraction of sp³-hybridized carbons (Fsp3) is 0.500. The van der Waals surface area contributed by atoms with Gasteiger partial charge in [0.1, 0.15) is 23.8 Å². The molecule has 2 saturated carbocycles. The molecule has 4 N–H and O–H groups in total. The highest BCUT2D eigenvalue weighted by molar-refractivity contribution is 7.90. The van der Waals surface area contributed by atoms with Crippen molar-refractivity contribution in [3.63, 3.8) is 0 Å². The Kier molecular flexibility index (Phi) is 12.7. The molecule has 0 radical (unpaired) electrons. The average Bonchev–Trinajstić information content (AvgIpc) is 3.96. The molecule has 16 nitrogen and oxygen atoms in total. The summed E-state index contributed by atoms with van der Waals surface area (Å²) in [5.41, 5.74) is 2.71. The number of hydrogen-bond donors (Lipinski definition) is 4. The zero-order chi connectivity index (χ0) is 49.1. The summed E-state index contributed by atoms with van der Waals surface area (Å²) in [5, 5.41) is 26.3. The monoisotopic (exact) mass is 979 g/mol. The number of rotatable bonds is 13. The quantitative estimate of drug-likeness (QED) is 0.0643. The number of ether oxygens (including phenoxy) is 3. The van der Waals surface area contributed by atoms with Gasteiger partial charge in [-0.2, -0.15) is 4.98 Å². The number of aromatic nitrogens is 2. The summed E-state index contributed by atoms with van der Waals surface area (Å²) in [4.78, 5) is 37.6. The van der Waals surface area contributed by atoms with E-state index in [0.29, 0.717) is 43.6 Å². The smallest absolute Gasteiger partial charge is 0.297 e. The number of anilines is 2. The van der Waals surface area contributed by atoms with Gasteiger partial charge < -0.3 is 34.5 Å². The van der Waals surface area contributed by atoms with Gasteiger partial charge in [-0.05, 0) is 112 Å². The first-order valence-electron chi connectivity index (χ1n) is 24.7. The van der Waals surface area contributed by atoms with E-state index < -0.39 is 42.9 Å². The minimum atomic E-state index is -4.75. The largest absolute Gasteiger partial charge is 0.489 e. The van der Waals surface area contributed by atoms with Crippen LogP contribution in [0.5, 0.6) is 23.1 Å². The van der Waals surface area contributed by atoms with E-state index in [-0.39, 0.29) is 76.0 Å². The van der Waals surface area contributed by atoms with E-state index in [1.807, 2.05) is 0 Å². The lowest BCUT2D eigenvalue weighted by Crippen LogP contribution is -2.63. The molecule has 2 aromatic heterocycles. The number of sulfonamides is 1. The van der Waals surface area contributed by atoms with Crippen molar-refractivity contribution in [2.45, 2.75) is 120 Å². The number of carbonyl (C=O) groups is 1. The maximum absolute atomic E-state index is 14.9. The number of amides is 1. The predicted octanol–water partition coefficient (Wildman–Crippen LogP) is 9.40. The van der Waals surface area contributed by atoms with Crippen molar-refractivity contribution < 1.29 is 41.8 Å². The number of hydrogen-bond acceptors (Lipinski definition) is 13. The van der Waals surface area contributed by atoms with Gasteiger partial charge in [-0.3, -0.25) is 19.8 Å². The Balaban J connectivity index is 0.890. The number of nitro benzene ring substituents is 1. The van der Waals surface area contributed by atoms with Crippen LogP contribution in [0.3, 0.4) is 0 Å². The number of H-pyrrole nitrogens is 1. The zero-order valence-electron chi connectivity index (χ0n) is 40.1. The first kappa shape index (κ1) is 47.7. The molecule has 1 spiro atoms. The van der Waals surface area contributed by atoms with E-state index >= 15 is 0 Å². The zero-order valence-corrected chi connectivity index (χ0v) is 40.9. The molecule has 2 saturated heterocycles. The third kappa shape index (κ3) is 9.25. The van der Waals surface area contributed by atoms with Gasteiger partial charge in [0.05, 0.1) is 39.0 Å². The van der Waals surface area contributed by atoms with Crippen LogP contribution >= 0.6 is 0 Å². The van der Waals surface area contributed by atoms with Gasteiger partial charge in [0, 0.05) is 68.4 Å². The fourth-order valence-corrected chi connectivity index (χ4v) is 12.8. The SMILES string of the molecule is CCOc1nc2[nH]cc(F)c2cc1Oc1cc(N2CCC3(CC2)CN(C2CCC[C@H]2c2ccccc2C(C)C)C3)ccc1C(=O)NS(=O)(=O)c1cc2c(c([N+](=O)[O-])c1)N[C@@H](C1CCC(C)(O)CC1)CO2. The van der Waals surface area contributed by atoms with Crippen LogP contribution in [0, 0.1) is 27.3 Å². The van der Waals surface area contributed by atoms with E-state index in [0.717, 1.165) is 63.0 Å². The Labute approximate surface area is 407 Å². The molecule has 2 aliphatic carbocycles. The third-order valence-corrected chi connectivity index (χ3v) is 17.0. The van der Waals surface area contributed by atoms with Gasteiger partial charge in [0.15, 0.2) is 17.2 Å². The van der Waals surface area contributed by atoms with E-state index in [1.54, 1.807) is 26.0 Å². The number of nitro groups is 1. The topological polar surface area (TPSA) is 201 Å².